The third-order valence-corrected chi connectivity index (χ3v) is 3.97. The van der Waals surface area contributed by atoms with Crippen molar-refractivity contribution in [1.29, 1.82) is 0 Å². The van der Waals surface area contributed by atoms with Gasteiger partial charge in [-0.2, -0.15) is 0 Å². The normalized spacial score (nSPS) is 11.0. The van der Waals surface area contributed by atoms with Crippen LogP contribution in [0, 0.1) is 5.41 Å². The lowest BCUT2D eigenvalue weighted by molar-refractivity contribution is -0.157. The van der Waals surface area contributed by atoms with Crippen molar-refractivity contribution in [2.45, 2.75) is 25.7 Å². The number of para-hydroxylation sites is 1. The van der Waals surface area contributed by atoms with E-state index in [0.29, 0.717) is 0 Å². The van der Waals surface area contributed by atoms with Crippen LogP contribution in [0.25, 0.3) is 0 Å². The molecule has 0 aliphatic rings. The highest BCUT2D eigenvalue weighted by Crippen LogP contribution is 2.31. The molecule has 0 fully saturated rings. The maximum atomic E-state index is 12.2. The van der Waals surface area contributed by atoms with Crippen molar-refractivity contribution >= 4 is 23.5 Å². The monoisotopic (exact) mass is 296 g/mol. The third-order valence-electron chi connectivity index (χ3n) is 2.91. The quantitative estimate of drug-likeness (QED) is 0.440. The molecule has 0 radical (unpaired) electrons. The average Bonchev–Trinajstić information content (AvgIpc) is 2.45. The highest BCUT2D eigenvalue weighted by atomic mass is 32.2. The number of ether oxygens (including phenoxy) is 2. The number of rotatable bonds is 7. The minimum Gasteiger partial charge on any atom is -0.496 e. The van der Waals surface area contributed by atoms with Gasteiger partial charge in [0.05, 0.1) is 19.5 Å². The van der Waals surface area contributed by atoms with Gasteiger partial charge in [-0.3, -0.25) is 9.59 Å². The zero-order valence-electron chi connectivity index (χ0n) is 12.3. The number of benzene rings is 1. The molecule has 0 atom stereocenters. The molecule has 0 heterocycles. The largest absolute Gasteiger partial charge is 0.496 e. The summed E-state index contributed by atoms with van der Waals surface area (Å²) in [5.74, 6) is 0.281. The van der Waals surface area contributed by atoms with Gasteiger partial charge in [0.1, 0.15) is 11.2 Å². The lowest BCUT2D eigenvalue weighted by Crippen LogP contribution is -2.36. The van der Waals surface area contributed by atoms with Crippen LogP contribution in [-0.2, 0) is 14.3 Å². The van der Waals surface area contributed by atoms with Crippen LogP contribution < -0.4 is 4.74 Å². The smallest absolute Gasteiger partial charge is 0.319 e. The van der Waals surface area contributed by atoms with Crippen molar-refractivity contribution < 1.29 is 19.1 Å². The van der Waals surface area contributed by atoms with Gasteiger partial charge in [0.15, 0.2) is 5.78 Å². The van der Waals surface area contributed by atoms with Crippen molar-refractivity contribution in [1.82, 2.24) is 0 Å². The second kappa shape index (κ2) is 7.33. The van der Waals surface area contributed by atoms with E-state index in [0.717, 1.165) is 10.6 Å². The molecule has 0 amide bonds. The van der Waals surface area contributed by atoms with Crippen molar-refractivity contribution in [3.8, 4) is 5.75 Å². The molecule has 0 aromatic heterocycles. The van der Waals surface area contributed by atoms with Crippen molar-refractivity contribution in [3.05, 3.63) is 24.3 Å². The van der Waals surface area contributed by atoms with Gasteiger partial charge in [0.2, 0.25) is 0 Å². The van der Waals surface area contributed by atoms with Gasteiger partial charge in [-0.15, -0.1) is 11.8 Å². The number of hydrogen-bond donors (Lipinski definition) is 0. The molecule has 5 heteroatoms. The van der Waals surface area contributed by atoms with Gasteiger partial charge in [0.25, 0.3) is 0 Å². The number of methoxy groups -OCH3 is 1. The topological polar surface area (TPSA) is 52.6 Å². The Morgan fingerprint density at radius 1 is 1.25 bits per heavy atom. The van der Waals surface area contributed by atoms with E-state index in [4.69, 9.17) is 9.47 Å². The predicted octanol–water partition coefficient (Wildman–Crippen LogP) is 2.95. The fraction of sp³-hybridized carbons (Fsp3) is 0.467. The molecule has 0 saturated carbocycles. The molecular weight excluding hydrogens is 276 g/mol. The number of thioether (sulfide) groups is 1. The first-order valence-corrected chi connectivity index (χ1v) is 7.38. The number of Topliss-reactive ketones (excluding diaryl/α,β-unsaturated/α-hetero) is 1. The van der Waals surface area contributed by atoms with Crippen molar-refractivity contribution in [3.63, 3.8) is 0 Å². The van der Waals surface area contributed by atoms with Crippen LogP contribution >= 0.6 is 11.8 Å². The second-order valence-corrected chi connectivity index (χ2v) is 5.73. The maximum Gasteiger partial charge on any atom is 0.319 e. The average molecular weight is 296 g/mol. The summed E-state index contributed by atoms with van der Waals surface area (Å²) in [5, 5.41) is 0. The van der Waals surface area contributed by atoms with Crippen LogP contribution in [0.4, 0.5) is 0 Å². The fourth-order valence-electron chi connectivity index (χ4n) is 1.49. The van der Waals surface area contributed by atoms with Crippen molar-refractivity contribution in [2.75, 3.05) is 19.5 Å². The lowest BCUT2D eigenvalue weighted by atomic mass is 9.89. The molecule has 0 bridgehead atoms. The Morgan fingerprint density at radius 2 is 1.90 bits per heavy atom. The molecule has 20 heavy (non-hydrogen) atoms. The maximum absolute atomic E-state index is 12.2. The van der Waals surface area contributed by atoms with E-state index < -0.39 is 11.4 Å². The standard InChI is InChI=1S/C15H20O4S/c1-5-19-14(17)15(2,3)13(16)10-20-12-9-7-6-8-11(12)18-4/h6-9H,5,10H2,1-4H3. The highest BCUT2D eigenvalue weighted by Gasteiger charge is 2.36. The SMILES string of the molecule is CCOC(=O)C(C)(C)C(=O)CSc1ccccc1OC. The third kappa shape index (κ3) is 4.00. The molecule has 1 aromatic carbocycles. The zero-order chi connectivity index (χ0) is 15.2. The Morgan fingerprint density at radius 3 is 2.50 bits per heavy atom. The van der Waals surface area contributed by atoms with Gasteiger partial charge in [-0.1, -0.05) is 12.1 Å². The Hall–Kier alpha value is -1.49. The summed E-state index contributed by atoms with van der Waals surface area (Å²) in [7, 11) is 1.59. The van der Waals surface area contributed by atoms with E-state index in [1.54, 1.807) is 27.9 Å². The molecule has 1 aromatic rings. The van der Waals surface area contributed by atoms with Crippen LogP contribution in [0.2, 0.25) is 0 Å². The van der Waals surface area contributed by atoms with Gasteiger partial charge >= 0.3 is 5.97 Å². The van der Waals surface area contributed by atoms with Gasteiger partial charge in [0, 0.05) is 4.90 Å². The zero-order valence-corrected chi connectivity index (χ0v) is 13.1. The minimum atomic E-state index is -1.12. The molecule has 0 aliphatic carbocycles. The summed E-state index contributed by atoms with van der Waals surface area (Å²) in [6, 6.07) is 7.47. The molecule has 1 rings (SSSR count). The number of carbonyl (C=O) groups excluding carboxylic acids is 2. The first-order valence-electron chi connectivity index (χ1n) is 6.39. The summed E-state index contributed by atoms with van der Waals surface area (Å²) in [4.78, 5) is 24.8. The minimum absolute atomic E-state index is 0.160. The van der Waals surface area contributed by atoms with Gasteiger partial charge in [-0.25, -0.2) is 0 Å². The Labute approximate surface area is 123 Å². The van der Waals surface area contributed by atoms with E-state index in [2.05, 4.69) is 0 Å². The number of ketones is 1. The molecule has 0 aliphatic heterocycles. The summed E-state index contributed by atoms with van der Waals surface area (Å²) < 4.78 is 10.2. The highest BCUT2D eigenvalue weighted by molar-refractivity contribution is 8.00. The number of esters is 1. The summed E-state index contributed by atoms with van der Waals surface area (Å²) >= 11 is 1.36. The number of hydrogen-bond acceptors (Lipinski definition) is 5. The van der Waals surface area contributed by atoms with E-state index in [9.17, 15) is 9.59 Å². The van der Waals surface area contributed by atoms with Crippen molar-refractivity contribution in [2.24, 2.45) is 5.41 Å². The predicted molar refractivity (Wildman–Crippen MR) is 79.1 cm³/mol. The molecule has 0 spiro atoms. The molecule has 4 nitrogen and oxygen atoms in total. The van der Waals surface area contributed by atoms with Crippen LogP contribution in [0.1, 0.15) is 20.8 Å². The Bertz CT molecular complexity index is 483. The van der Waals surface area contributed by atoms with Crippen LogP contribution in [-0.4, -0.2) is 31.2 Å². The molecular formula is C15H20O4S. The molecule has 0 saturated heterocycles. The van der Waals surface area contributed by atoms with Crippen LogP contribution in [0.5, 0.6) is 5.75 Å². The van der Waals surface area contributed by atoms with Crippen LogP contribution in [0.3, 0.4) is 0 Å². The fourth-order valence-corrected chi connectivity index (χ4v) is 2.60. The van der Waals surface area contributed by atoms with Gasteiger partial charge in [-0.05, 0) is 32.9 Å². The summed E-state index contributed by atoms with van der Waals surface area (Å²) in [6.45, 7) is 5.18. The van der Waals surface area contributed by atoms with E-state index in [1.165, 1.54) is 11.8 Å². The molecule has 0 N–H and O–H groups in total. The lowest BCUT2D eigenvalue weighted by Gasteiger charge is -2.20. The summed E-state index contributed by atoms with van der Waals surface area (Å²) in [5.41, 5.74) is -1.12. The van der Waals surface area contributed by atoms with Gasteiger partial charge < -0.3 is 9.47 Å². The van der Waals surface area contributed by atoms with E-state index in [-0.39, 0.29) is 18.1 Å². The van der Waals surface area contributed by atoms with E-state index in [1.807, 2.05) is 24.3 Å². The second-order valence-electron chi connectivity index (χ2n) is 4.71. The first kappa shape index (κ1) is 16.6. The summed E-state index contributed by atoms with van der Waals surface area (Å²) in [6.07, 6.45) is 0. The van der Waals surface area contributed by atoms with Crippen LogP contribution in [0.15, 0.2) is 29.2 Å². The molecule has 0 unspecified atom stereocenters. The Balaban J connectivity index is 2.69. The molecule has 110 valence electrons. The van der Waals surface area contributed by atoms with E-state index >= 15 is 0 Å². The Kier molecular flexibility index (Phi) is 6.07. The number of carbonyl (C=O) groups is 2. The first-order chi connectivity index (χ1) is 9.43.